The van der Waals surface area contributed by atoms with Crippen molar-refractivity contribution in [2.75, 3.05) is 31.2 Å². The van der Waals surface area contributed by atoms with Crippen LogP contribution in [0.2, 0.25) is 0 Å². The fourth-order valence-corrected chi connectivity index (χ4v) is 3.33. The Morgan fingerprint density at radius 2 is 2.10 bits per heavy atom. The van der Waals surface area contributed by atoms with E-state index in [4.69, 9.17) is 10.9 Å². The summed E-state index contributed by atoms with van der Waals surface area (Å²) in [5, 5.41) is 8.52. The molecule has 0 amide bonds. The quantitative estimate of drug-likeness (QED) is 0.712. The molecule has 1 heterocycles. The molecular formula is C13H22N4O2S. The van der Waals surface area contributed by atoms with Gasteiger partial charge in [-0.3, -0.25) is 0 Å². The Bertz CT molecular complexity index is 588. The Hall–Kier alpha value is -1.31. The maximum atomic E-state index is 11.3. The number of piperidine rings is 1. The number of benzene rings is 1. The SMILES string of the molecule is CC1CN(C)CCC1Nc1ccc(S(N)(=O)=O)c(N)c1. The molecule has 7 heteroatoms. The molecule has 0 aromatic heterocycles. The van der Waals surface area contributed by atoms with Gasteiger partial charge in [0.25, 0.3) is 0 Å². The highest BCUT2D eigenvalue weighted by Gasteiger charge is 2.24. The highest BCUT2D eigenvalue weighted by atomic mass is 32.2. The lowest BCUT2D eigenvalue weighted by Gasteiger charge is -2.35. The van der Waals surface area contributed by atoms with Crippen LogP contribution in [0.3, 0.4) is 0 Å². The van der Waals surface area contributed by atoms with Gasteiger partial charge in [0, 0.05) is 18.3 Å². The minimum absolute atomic E-state index is 0.0283. The van der Waals surface area contributed by atoms with Crippen LogP contribution in [-0.4, -0.2) is 39.5 Å². The largest absolute Gasteiger partial charge is 0.398 e. The van der Waals surface area contributed by atoms with Crippen molar-refractivity contribution in [3.8, 4) is 0 Å². The lowest BCUT2D eigenvalue weighted by molar-refractivity contribution is 0.206. The molecule has 1 aromatic carbocycles. The molecule has 2 atom stereocenters. The third-order valence-corrected chi connectivity index (χ3v) is 4.76. The monoisotopic (exact) mass is 298 g/mol. The van der Waals surface area contributed by atoms with Gasteiger partial charge in [-0.1, -0.05) is 6.92 Å². The summed E-state index contributed by atoms with van der Waals surface area (Å²) in [6, 6.07) is 5.16. The number of hydrogen-bond acceptors (Lipinski definition) is 5. The molecule has 1 saturated heterocycles. The van der Waals surface area contributed by atoms with Gasteiger partial charge in [-0.15, -0.1) is 0 Å². The number of sulfonamides is 1. The number of anilines is 2. The van der Waals surface area contributed by atoms with Gasteiger partial charge in [-0.2, -0.15) is 0 Å². The Labute approximate surface area is 120 Å². The number of rotatable bonds is 3. The van der Waals surface area contributed by atoms with Gasteiger partial charge in [0.05, 0.1) is 5.69 Å². The van der Waals surface area contributed by atoms with Crippen molar-refractivity contribution in [1.82, 2.24) is 4.90 Å². The zero-order chi connectivity index (χ0) is 14.9. The average Bonchev–Trinajstić information content (AvgIpc) is 2.31. The average molecular weight is 298 g/mol. The lowest BCUT2D eigenvalue weighted by atomic mass is 9.94. The molecule has 0 saturated carbocycles. The molecule has 1 aliphatic heterocycles. The minimum Gasteiger partial charge on any atom is -0.398 e. The number of likely N-dealkylation sites (tertiary alicyclic amines) is 1. The van der Waals surface area contributed by atoms with Crippen molar-refractivity contribution in [2.45, 2.75) is 24.3 Å². The van der Waals surface area contributed by atoms with E-state index in [0.29, 0.717) is 12.0 Å². The third kappa shape index (κ3) is 3.41. The molecule has 0 bridgehead atoms. The van der Waals surface area contributed by atoms with E-state index < -0.39 is 10.0 Å². The summed E-state index contributed by atoms with van der Waals surface area (Å²) in [5.74, 6) is 0.521. The molecule has 20 heavy (non-hydrogen) atoms. The van der Waals surface area contributed by atoms with E-state index >= 15 is 0 Å². The highest BCUT2D eigenvalue weighted by Crippen LogP contribution is 2.25. The standard InChI is InChI=1S/C13H22N4O2S/c1-9-8-17(2)6-5-12(9)16-10-3-4-13(11(14)7-10)20(15,18)19/h3-4,7,9,12,16H,5-6,8,14H2,1-2H3,(H2,15,18,19). The molecule has 1 fully saturated rings. The normalized spacial score (nSPS) is 24.6. The Morgan fingerprint density at radius 1 is 1.40 bits per heavy atom. The molecule has 0 radical (unpaired) electrons. The molecule has 2 rings (SSSR count). The van der Waals surface area contributed by atoms with Crippen LogP contribution in [-0.2, 0) is 10.0 Å². The second-order valence-corrected chi connectivity index (χ2v) is 7.11. The molecule has 112 valence electrons. The first-order chi connectivity index (χ1) is 9.27. The number of nitrogens with two attached hydrogens (primary N) is 2. The summed E-state index contributed by atoms with van der Waals surface area (Å²) in [5.41, 5.74) is 6.77. The van der Waals surface area contributed by atoms with Crippen molar-refractivity contribution in [2.24, 2.45) is 11.1 Å². The predicted octanol–water partition coefficient (Wildman–Crippen LogP) is 0.668. The molecule has 0 spiro atoms. The maximum absolute atomic E-state index is 11.3. The number of nitrogens with one attached hydrogen (secondary N) is 1. The van der Waals surface area contributed by atoms with Crippen LogP contribution in [0.15, 0.2) is 23.1 Å². The number of nitrogens with zero attached hydrogens (tertiary/aromatic N) is 1. The van der Waals surface area contributed by atoms with Crippen molar-refractivity contribution < 1.29 is 8.42 Å². The first-order valence-corrected chi connectivity index (χ1v) is 8.19. The van der Waals surface area contributed by atoms with Crippen LogP contribution in [0.4, 0.5) is 11.4 Å². The van der Waals surface area contributed by atoms with Gasteiger partial charge < -0.3 is 16.0 Å². The zero-order valence-electron chi connectivity index (χ0n) is 11.8. The third-order valence-electron chi connectivity index (χ3n) is 3.78. The van der Waals surface area contributed by atoms with E-state index in [-0.39, 0.29) is 10.6 Å². The van der Waals surface area contributed by atoms with E-state index in [1.54, 1.807) is 12.1 Å². The summed E-state index contributed by atoms with van der Waals surface area (Å²) in [4.78, 5) is 2.28. The van der Waals surface area contributed by atoms with Gasteiger partial charge >= 0.3 is 0 Å². The van der Waals surface area contributed by atoms with Crippen LogP contribution < -0.4 is 16.2 Å². The molecular weight excluding hydrogens is 276 g/mol. The van der Waals surface area contributed by atoms with Gasteiger partial charge in [-0.05, 0) is 44.1 Å². The van der Waals surface area contributed by atoms with Crippen molar-refractivity contribution in [1.29, 1.82) is 0 Å². The van der Waals surface area contributed by atoms with Gasteiger partial charge in [0.1, 0.15) is 4.90 Å². The van der Waals surface area contributed by atoms with Crippen LogP contribution in [0, 0.1) is 5.92 Å². The smallest absolute Gasteiger partial charge is 0.240 e. The summed E-state index contributed by atoms with van der Waals surface area (Å²) < 4.78 is 22.6. The molecule has 0 aliphatic carbocycles. The Balaban J connectivity index is 2.13. The van der Waals surface area contributed by atoms with E-state index in [0.717, 1.165) is 25.2 Å². The second-order valence-electron chi connectivity index (χ2n) is 5.58. The number of hydrogen-bond donors (Lipinski definition) is 3. The molecule has 5 N–H and O–H groups in total. The minimum atomic E-state index is -3.76. The number of primary sulfonamides is 1. The summed E-state index contributed by atoms with van der Waals surface area (Å²) in [6.07, 6.45) is 1.05. The Morgan fingerprint density at radius 3 is 2.65 bits per heavy atom. The van der Waals surface area contributed by atoms with Crippen LogP contribution >= 0.6 is 0 Å². The van der Waals surface area contributed by atoms with Gasteiger partial charge in [0.2, 0.25) is 10.0 Å². The van der Waals surface area contributed by atoms with E-state index in [1.165, 1.54) is 6.07 Å². The summed E-state index contributed by atoms with van der Waals surface area (Å²) in [7, 11) is -1.64. The van der Waals surface area contributed by atoms with E-state index in [2.05, 4.69) is 24.2 Å². The summed E-state index contributed by atoms with van der Waals surface area (Å²) >= 11 is 0. The molecule has 1 aliphatic rings. The van der Waals surface area contributed by atoms with Crippen LogP contribution in [0.25, 0.3) is 0 Å². The Kier molecular flexibility index (Phi) is 4.22. The topological polar surface area (TPSA) is 101 Å². The first kappa shape index (κ1) is 15.1. The van der Waals surface area contributed by atoms with Crippen LogP contribution in [0.5, 0.6) is 0 Å². The van der Waals surface area contributed by atoms with E-state index in [9.17, 15) is 8.42 Å². The van der Waals surface area contributed by atoms with Crippen molar-refractivity contribution in [3.63, 3.8) is 0 Å². The lowest BCUT2D eigenvalue weighted by Crippen LogP contribution is -2.43. The highest BCUT2D eigenvalue weighted by molar-refractivity contribution is 7.89. The van der Waals surface area contributed by atoms with Gasteiger partial charge in [0.15, 0.2) is 0 Å². The zero-order valence-corrected chi connectivity index (χ0v) is 12.7. The fourth-order valence-electron chi connectivity index (χ4n) is 2.68. The van der Waals surface area contributed by atoms with Gasteiger partial charge in [-0.25, -0.2) is 13.6 Å². The molecule has 1 aromatic rings. The molecule has 6 nitrogen and oxygen atoms in total. The summed E-state index contributed by atoms with van der Waals surface area (Å²) in [6.45, 7) is 4.30. The molecule has 2 unspecified atom stereocenters. The first-order valence-electron chi connectivity index (χ1n) is 6.65. The van der Waals surface area contributed by atoms with Crippen molar-refractivity contribution in [3.05, 3.63) is 18.2 Å². The fraction of sp³-hybridized carbons (Fsp3) is 0.538. The van der Waals surface area contributed by atoms with E-state index in [1.807, 2.05) is 0 Å². The number of nitrogen functional groups attached to an aromatic ring is 1. The van der Waals surface area contributed by atoms with Crippen LogP contribution in [0.1, 0.15) is 13.3 Å². The second kappa shape index (κ2) is 5.59. The predicted molar refractivity (Wildman–Crippen MR) is 80.9 cm³/mol. The maximum Gasteiger partial charge on any atom is 0.240 e. The van der Waals surface area contributed by atoms with Crippen molar-refractivity contribution >= 4 is 21.4 Å².